The topological polar surface area (TPSA) is 0 Å². The second-order valence-electron chi connectivity index (χ2n) is 5.05. The average Bonchev–Trinajstić information content (AvgIpc) is 2.31. The van der Waals surface area contributed by atoms with Crippen molar-refractivity contribution in [3.63, 3.8) is 0 Å². The van der Waals surface area contributed by atoms with E-state index in [1.165, 1.54) is 83.5 Å². The van der Waals surface area contributed by atoms with Gasteiger partial charge in [0.1, 0.15) is 0 Å². The van der Waals surface area contributed by atoms with Gasteiger partial charge in [0.25, 0.3) is 0 Å². The monoisotopic (exact) mass is 225 g/mol. The minimum Gasteiger partial charge on any atom is -0.0654 e. The fourth-order valence-electron chi connectivity index (χ4n) is 2.09. The lowest BCUT2D eigenvalue weighted by molar-refractivity contribution is 0.561. The zero-order valence-corrected chi connectivity index (χ0v) is 11.8. The third-order valence-corrected chi connectivity index (χ3v) is 3.27. The van der Waals surface area contributed by atoms with Crippen molar-refractivity contribution in [2.24, 2.45) is 0 Å². The molecule has 0 aromatic rings. The molecule has 0 heteroatoms. The van der Waals surface area contributed by atoms with Crippen molar-refractivity contribution >= 4 is 0 Å². The van der Waals surface area contributed by atoms with Crippen molar-refractivity contribution in [1.29, 1.82) is 0 Å². The molecule has 0 heterocycles. The van der Waals surface area contributed by atoms with Crippen LogP contribution in [-0.2, 0) is 0 Å². The molecular weight excluding hydrogens is 192 g/mol. The number of hydrogen-bond acceptors (Lipinski definition) is 0. The summed E-state index contributed by atoms with van der Waals surface area (Å²) in [6.07, 6.45) is 20.9. The minimum atomic E-state index is 1.34. The molecule has 0 atom stereocenters. The molecule has 0 unspecified atom stereocenters. The smallest absolute Gasteiger partial charge is 0.0386 e. The van der Waals surface area contributed by atoms with E-state index < -0.39 is 0 Å². The van der Waals surface area contributed by atoms with Crippen LogP contribution in [0.2, 0.25) is 0 Å². The largest absolute Gasteiger partial charge is 0.0654 e. The SMILES string of the molecule is CCCC[CH]CCCCCCCCCCC. The lowest BCUT2D eigenvalue weighted by atomic mass is 10.0. The van der Waals surface area contributed by atoms with Crippen LogP contribution in [0.3, 0.4) is 0 Å². The third kappa shape index (κ3) is 14.0. The van der Waals surface area contributed by atoms with Gasteiger partial charge in [0.05, 0.1) is 0 Å². The molecule has 1 radical (unpaired) electrons. The molecule has 0 aromatic carbocycles. The highest BCUT2D eigenvalue weighted by molar-refractivity contribution is 4.63. The summed E-state index contributed by atoms with van der Waals surface area (Å²) in [6.45, 7) is 4.56. The summed E-state index contributed by atoms with van der Waals surface area (Å²) in [5.74, 6) is 0. The Kier molecular flexibility index (Phi) is 15.0. The van der Waals surface area contributed by atoms with Gasteiger partial charge in [-0.2, -0.15) is 0 Å². The number of hydrogen-bond donors (Lipinski definition) is 0. The van der Waals surface area contributed by atoms with Crippen molar-refractivity contribution in [2.45, 2.75) is 97.3 Å². The van der Waals surface area contributed by atoms with Crippen molar-refractivity contribution in [3.8, 4) is 0 Å². The standard InChI is InChI=1S/C16H33/c1-3-5-7-9-11-13-15-16-14-12-10-8-6-4-2/h9H,3-8,10-16H2,1-2H3. The van der Waals surface area contributed by atoms with Crippen LogP contribution in [0.15, 0.2) is 0 Å². The molecule has 16 heavy (non-hydrogen) atoms. The summed E-state index contributed by atoms with van der Waals surface area (Å²) in [5.41, 5.74) is 0. The first-order valence-corrected chi connectivity index (χ1v) is 7.73. The predicted molar refractivity (Wildman–Crippen MR) is 75.7 cm³/mol. The zero-order valence-electron chi connectivity index (χ0n) is 11.8. The highest BCUT2D eigenvalue weighted by Crippen LogP contribution is 2.12. The molecule has 0 fully saturated rings. The quantitative estimate of drug-likeness (QED) is 0.323. The van der Waals surface area contributed by atoms with Gasteiger partial charge in [-0.1, -0.05) is 97.3 Å². The van der Waals surface area contributed by atoms with Crippen LogP contribution in [0.25, 0.3) is 0 Å². The van der Waals surface area contributed by atoms with Gasteiger partial charge in [0, 0.05) is 0 Å². The van der Waals surface area contributed by atoms with Gasteiger partial charge < -0.3 is 0 Å². The van der Waals surface area contributed by atoms with Gasteiger partial charge in [-0.15, -0.1) is 0 Å². The van der Waals surface area contributed by atoms with Crippen LogP contribution in [0.1, 0.15) is 97.3 Å². The van der Waals surface area contributed by atoms with Gasteiger partial charge in [0.2, 0.25) is 0 Å². The maximum atomic E-state index is 2.49. The second-order valence-corrected chi connectivity index (χ2v) is 5.05. The third-order valence-electron chi connectivity index (χ3n) is 3.27. The van der Waals surface area contributed by atoms with Gasteiger partial charge in [0.15, 0.2) is 0 Å². The normalized spacial score (nSPS) is 10.9. The minimum absolute atomic E-state index is 1.34. The Morgan fingerprint density at radius 2 is 0.938 bits per heavy atom. The van der Waals surface area contributed by atoms with E-state index in [1.54, 1.807) is 0 Å². The van der Waals surface area contributed by atoms with Gasteiger partial charge >= 0.3 is 0 Å². The van der Waals surface area contributed by atoms with E-state index in [-0.39, 0.29) is 0 Å². The molecule has 0 aliphatic rings. The van der Waals surface area contributed by atoms with Gasteiger partial charge in [-0.25, -0.2) is 0 Å². The maximum Gasteiger partial charge on any atom is -0.0386 e. The Morgan fingerprint density at radius 1 is 0.500 bits per heavy atom. The zero-order chi connectivity index (χ0) is 11.9. The van der Waals surface area contributed by atoms with E-state index in [0.29, 0.717) is 0 Å². The fraction of sp³-hybridized carbons (Fsp3) is 0.938. The molecule has 0 N–H and O–H groups in total. The summed E-state index contributed by atoms with van der Waals surface area (Å²) in [6, 6.07) is 0. The molecule has 97 valence electrons. The van der Waals surface area contributed by atoms with Crippen LogP contribution < -0.4 is 0 Å². The molecule has 0 aliphatic carbocycles. The molecule has 0 saturated carbocycles. The van der Waals surface area contributed by atoms with E-state index in [1.807, 2.05) is 0 Å². The molecule has 0 bridgehead atoms. The highest BCUT2D eigenvalue weighted by Gasteiger charge is 1.92. The molecule has 0 amide bonds. The van der Waals surface area contributed by atoms with E-state index >= 15 is 0 Å². The molecule has 0 spiro atoms. The summed E-state index contributed by atoms with van der Waals surface area (Å²) >= 11 is 0. The Hall–Kier alpha value is 0. The summed E-state index contributed by atoms with van der Waals surface area (Å²) < 4.78 is 0. The molecule has 0 aliphatic heterocycles. The van der Waals surface area contributed by atoms with Crippen LogP contribution >= 0.6 is 0 Å². The first-order valence-electron chi connectivity index (χ1n) is 7.73. The van der Waals surface area contributed by atoms with E-state index in [2.05, 4.69) is 20.3 Å². The van der Waals surface area contributed by atoms with E-state index in [4.69, 9.17) is 0 Å². The molecule has 0 rings (SSSR count). The van der Waals surface area contributed by atoms with Crippen molar-refractivity contribution in [3.05, 3.63) is 6.42 Å². The summed E-state index contributed by atoms with van der Waals surface area (Å²) in [4.78, 5) is 0. The lowest BCUT2D eigenvalue weighted by Crippen LogP contribution is -1.83. The molecular formula is C16H33. The van der Waals surface area contributed by atoms with Crippen molar-refractivity contribution < 1.29 is 0 Å². The number of unbranched alkanes of at least 4 members (excludes halogenated alkanes) is 13. The first kappa shape index (κ1) is 16.0. The van der Waals surface area contributed by atoms with E-state index in [0.717, 1.165) is 0 Å². The van der Waals surface area contributed by atoms with Gasteiger partial charge in [-0.05, 0) is 6.42 Å². The van der Waals surface area contributed by atoms with Crippen LogP contribution in [0.5, 0.6) is 0 Å². The highest BCUT2D eigenvalue weighted by atomic mass is 14.0. The van der Waals surface area contributed by atoms with Gasteiger partial charge in [-0.3, -0.25) is 0 Å². The molecule has 0 saturated heterocycles. The fourth-order valence-corrected chi connectivity index (χ4v) is 2.09. The van der Waals surface area contributed by atoms with E-state index in [9.17, 15) is 0 Å². The Bertz CT molecular complexity index is 92.6. The second kappa shape index (κ2) is 15.0. The number of rotatable bonds is 13. The Balaban J connectivity index is 2.83. The predicted octanol–water partition coefficient (Wildman–Crippen LogP) is 6.30. The van der Waals surface area contributed by atoms with Crippen LogP contribution in [0, 0.1) is 6.42 Å². The molecule has 0 aromatic heterocycles. The first-order chi connectivity index (χ1) is 7.91. The van der Waals surface area contributed by atoms with Crippen molar-refractivity contribution in [1.82, 2.24) is 0 Å². The maximum absolute atomic E-state index is 2.49. The lowest BCUT2D eigenvalue weighted by Gasteiger charge is -2.02. The summed E-state index contributed by atoms with van der Waals surface area (Å²) in [5, 5.41) is 0. The molecule has 0 nitrogen and oxygen atoms in total. The Morgan fingerprint density at radius 3 is 1.50 bits per heavy atom. The van der Waals surface area contributed by atoms with Crippen LogP contribution in [-0.4, -0.2) is 0 Å². The van der Waals surface area contributed by atoms with Crippen molar-refractivity contribution in [2.75, 3.05) is 0 Å². The average molecular weight is 225 g/mol. The summed E-state index contributed by atoms with van der Waals surface area (Å²) in [7, 11) is 0. The van der Waals surface area contributed by atoms with Crippen LogP contribution in [0.4, 0.5) is 0 Å². The Labute approximate surface area is 104 Å².